The number of nitrogens with two attached hydrogens (primary N) is 1. The summed E-state index contributed by atoms with van der Waals surface area (Å²) in [5.41, 5.74) is 8.96. The molecule has 0 aliphatic carbocycles. The number of sulfonamides is 1. The number of benzene rings is 3. The molecule has 1 fully saturated rings. The van der Waals surface area contributed by atoms with Gasteiger partial charge < -0.3 is 15.4 Å². The Morgan fingerprint density at radius 3 is 2.46 bits per heavy atom. The predicted molar refractivity (Wildman–Crippen MR) is 158 cm³/mol. The van der Waals surface area contributed by atoms with Crippen molar-refractivity contribution in [3.63, 3.8) is 0 Å². The van der Waals surface area contributed by atoms with E-state index in [1.54, 1.807) is 4.31 Å². The molecule has 0 radical (unpaired) electrons. The largest absolute Gasteiger partial charge is 0.490 e. The first-order chi connectivity index (χ1) is 18.7. The minimum atomic E-state index is -3.55. The zero-order valence-electron chi connectivity index (χ0n) is 22.6. The molecular weight excluding hydrogens is 510 g/mol. The first-order valence-electron chi connectivity index (χ1n) is 13.7. The van der Waals surface area contributed by atoms with Gasteiger partial charge in [-0.1, -0.05) is 37.6 Å². The summed E-state index contributed by atoms with van der Waals surface area (Å²) in [5, 5.41) is 17.6. The third-order valence-corrected chi connectivity index (χ3v) is 9.67. The van der Waals surface area contributed by atoms with Crippen LogP contribution in [0.2, 0.25) is 0 Å². The van der Waals surface area contributed by atoms with Gasteiger partial charge in [0, 0.05) is 37.9 Å². The van der Waals surface area contributed by atoms with Crippen molar-refractivity contribution in [2.24, 2.45) is 5.73 Å². The van der Waals surface area contributed by atoms with Gasteiger partial charge in [0.25, 0.3) is 0 Å². The fourth-order valence-corrected chi connectivity index (χ4v) is 7.55. The van der Waals surface area contributed by atoms with Crippen LogP contribution in [0, 0.1) is 10.8 Å². The van der Waals surface area contributed by atoms with Gasteiger partial charge in [0.15, 0.2) is 0 Å². The van der Waals surface area contributed by atoms with E-state index in [2.05, 4.69) is 4.90 Å². The van der Waals surface area contributed by atoms with Crippen LogP contribution in [0.25, 0.3) is 10.8 Å². The number of hydrogen-bond acceptors (Lipinski definition) is 5. The smallest absolute Gasteiger partial charge is 0.235 e. The zero-order valence-corrected chi connectivity index (χ0v) is 23.4. The van der Waals surface area contributed by atoms with Gasteiger partial charge in [-0.2, -0.15) is 0 Å². The Morgan fingerprint density at radius 1 is 1.03 bits per heavy atom. The molecule has 2 aliphatic heterocycles. The van der Waals surface area contributed by atoms with Crippen molar-refractivity contribution in [2.75, 3.05) is 23.1 Å². The van der Waals surface area contributed by atoms with Gasteiger partial charge in [0.2, 0.25) is 10.0 Å². The highest BCUT2D eigenvalue weighted by Gasteiger charge is 2.38. The van der Waals surface area contributed by atoms with Crippen molar-refractivity contribution in [3.8, 4) is 5.75 Å². The van der Waals surface area contributed by atoms with Crippen molar-refractivity contribution in [1.29, 1.82) is 10.8 Å². The van der Waals surface area contributed by atoms with Crippen LogP contribution in [0.1, 0.15) is 62.3 Å². The lowest BCUT2D eigenvalue weighted by Gasteiger charge is -2.33. The molecule has 39 heavy (non-hydrogen) atoms. The minimum Gasteiger partial charge on any atom is -0.490 e. The number of fused-ring (bicyclic) bond motifs is 2. The average Bonchev–Trinajstić information content (AvgIpc) is 3.31. The molecule has 3 aromatic rings. The van der Waals surface area contributed by atoms with E-state index < -0.39 is 10.0 Å². The fourth-order valence-electron chi connectivity index (χ4n) is 5.64. The first kappa shape index (κ1) is 27.0. The van der Waals surface area contributed by atoms with Crippen molar-refractivity contribution in [1.82, 2.24) is 4.90 Å². The Labute approximate surface area is 230 Å². The van der Waals surface area contributed by atoms with E-state index in [0.29, 0.717) is 24.2 Å². The summed E-state index contributed by atoms with van der Waals surface area (Å²) in [7, 11) is -3.55. The molecule has 0 spiro atoms. The van der Waals surface area contributed by atoms with Crippen molar-refractivity contribution in [2.45, 2.75) is 58.1 Å². The van der Waals surface area contributed by atoms with E-state index in [1.165, 1.54) is 0 Å². The van der Waals surface area contributed by atoms with E-state index >= 15 is 0 Å². The number of ether oxygens (including phenoxy) is 1. The number of amidine groups is 2. The molecule has 8 nitrogen and oxygen atoms in total. The Kier molecular flexibility index (Phi) is 7.53. The van der Waals surface area contributed by atoms with E-state index in [9.17, 15) is 8.42 Å². The summed E-state index contributed by atoms with van der Waals surface area (Å²) in [6.45, 7) is 5.43. The number of nitrogen functional groups attached to an aromatic ring is 1. The molecule has 0 saturated carbocycles. The molecule has 1 saturated heterocycles. The predicted octanol–water partition coefficient (Wildman–Crippen LogP) is 5.20. The standard InChI is InChI=1S/C30H37N5O3S/c1-3-4-15-39(36,37)35-28-10-9-27(38-26-11-13-34(14-12-26)20(2)31)18-25(28)19-29(35)22-7-5-21-6-8-23(30(32)33)17-24(21)16-22/h5-10,16-18,26,29,31H,3-4,11-15,19H2,1-2H3,(H3,32,33). The lowest BCUT2D eigenvalue weighted by molar-refractivity contribution is 0.130. The Bertz CT molecular complexity index is 1510. The Hall–Kier alpha value is -3.59. The highest BCUT2D eigenvalue weighted by Crippen LogP contribution is 2.44. The third-order valence-electron chi connectivity index (χ3n) is 7.82. The maximum absolute atomic E-state index is 13.7. The van der Waals surface area contributed by atoms with Crippen LogP contribution in [0.3, 0.4) is 0 Å². The number of nitrogens with zero attached hydrogens (tertiary/aromatic N) is 2. The lowest BCUT2D eigenvalue weighted by Crippen LogP contribution is -2.40. The summed E-state index contributed by atoms with van der Waals surface area (Å²) >= 11 is 0. The molecule has 0 amide bonds. The van der Waals surface area contributed by atoms with Crippen LogP contribution in [-0.4, -0.2) is 49.9 Å². The number of anilines is 1. The van der Waals surface area contributed by atoms with Crippen LogP contribution in [0.15, 0.2) is 54.6 Å². The van der Waals surface area contributed by atoms with Gasteiger partial charge >= 0.3 is 0 Å². The van der Waals surface area contributed by atoms with Crippen LogP contribution in [-0.2, 0) is 16.4 Å². The summed E-state index contributed by atoms with van der Waals surface area (Å²) in [4.78, 5) is 2.06. The molecule has 0 aromatic heterocycles. The molecule has 0 bridgehead atoms. The van der Waals surface area contributed by atoms with Gasteiger partial charge in [-0.05, 0) is 65.6 Å². The second-order valence-electron chi connectivity index (χ2n) is 10.6. The normalized spacial score (nSPS) is 17.8. The van der Waals surface area contributed by atoms with Crippen LogP contribution in [0.5, 0.6) is 5.75 Å². The molecule has 5 rings (SSSR count). The van der Waals surface area contributed by atoms with Crippen molar-refractivity contribution >= 4 is 38.2 Å². The molecular formula is C30H37N5O3S. The van der Waals surface area contributed by atoms with Gasteiger partial charge in [-0.3, -0.25) is 15.1 Å². The second-order valence-corrected chi connectivity index (χ2v) is 12.6. The molecule has 4 N–H and O–H groups in total. The summed E-state index contributed by atoms with van der Waals surface area (Å²) in [5.74, 6) is 1.46. The number of likely N-dealkylation sites (tertiary alicyclic amines) is 1. The van der Waals surface area contributed by atoms with Gasteiger partial charge in [-0.15, -0.1) is 0 Å². The number of unbranched alkanes of at least 4 members (excludes halogenated alkanes) is 1. The molecule has 2 heterocycles. The lowest BCUT2D eigenvalue weighted by atomic mass is 9.98. The third kappa shape index (κ3) is 5.59. The molecule has 206 valence electrons. The van der Waals surface area contributed by atoms with Crippen LogP contribution in [0.4, 0.5) is 5.69 Å². The number of hydrogen-bond donors (Lipinski definition) is 3. The maximum Gasteiger partial charge on any atom is 0.235 e. The van der Waals surface area contributed by atoms with Gasteiger partial charge in [0.05, 0.1) is 23.3 Å². The quantitative estimate of drug-likeness (QED) is 0.264. The minimum absolute atomic E-state index is 0.00510. The molecule has 1 atom stereocenters. The SMILES string of the molecule is CCCCS(=O)(=O)N1c2ccc(OC3CCN(C(C)=N)CC3)cc2CC1c1ccc2ccc(C(=N)N)cc2c1. The molecule has 2 aliphatic rings. The van der Waals surface area contributed by atoms with Crippen molar-refractivity contribution < 1.29 is 13.2 Å². The Morgan fingerprint density at radius 2 is 1.77 bits per heavy atom. The molecule has 1 unspecified atom stereocenters. The maximum atomic E-state index is 13.7. The van der Waals surface area contributed by atoms with E-state index in [-0.39, 0.29) is 23.7 Å². The van der Waals surface area contributed by atoms with Crippen LogP contribution >= 0.6 is 0 Å². The number of rotatable bonds is 8. The second kappa shape index (κ2) is 10.9. The molecule has 3 aromatic carbocycles. The topological polar surface area (TPSA) is 124 Å². The highest BCUT2D eigenvalue weighted by atomic mass is 32.2. The number of piperidine rings is 1. The summed E-state index contributed by atoms with van der Waals surface area (Å²) in [6, 6.07) is 17.1. The van der Waals surface area contributed by atoms with E-state index in [0.717, 1.165) is 65.7 Å². The Balaban J connectivity index is 1.46. The zero-order chi connectivity index (χ0) is 27.7. The average molecular weight is 548 g/mol. The van der Waals surface area contributed by atoms with Gasteiger partial charge in [0.1, 0.15) is 17.7 Å². The fraction of sp³-hybridized carbons (Fsp3) is 0.400. The van der Waals surface area contributed by atoms with E-state index in [4.69, 9.17) is 21.3 Å². The van der Waals surface area contributed by atoms with Gasteiger partial charge in [-0.25, -0.2) is 8.42 Å². The summed E-state index contributed by atoms with van der Waals surface area (Å²) < 4.78 is 35.3. The van der Waals surface area contributed by atoms with Crippen molar-refractivity contribution in [3.05, 3.63) is 71.3 Å². The number of nitrogens with one attached hydrogen (secondary N) is 2. The van der Waals surface area contributed by atoms with E-state index in [1.807, 2.05) is 68.4 Å². The summed E-state index contributed by atoms with van der Waals surface area (Å²) in [6.07, 6.45) is 3.75. The first-order valence-corrected chi connectivity index (χ1v) is 15.3. The van der Waals surface area contributed by atoms with Crippen LogP contribution < -0.4 is 14.8 Å². The highest BCUT2D eigenvalue weighted by molar-refractivity contribution is 7.92. The molecule has 9 heteroatoms. The monoisotopic (exact) mass is 547 g/mol.